The van der Waals surface area contributed by atoms with Crippen molar-refractivity contribution >= 4 is 17.5 Å². The minimum Gasteiger partial charge on any atom is -0.504 e. The van der Waals surface area contributed by atoms with Crippen LogP contribution in [0.5, 0.6) is 11.5 Å². The van der Waals surface area contributed by atoms with Crippen LogP contribution in [0.3, 0.4) is 0 Å². The topological polar surface area (TPSA) is 70.0 Å². The average molecular weight is 388 g/mol. The molecule has 27 heavy (non-hydrogen) atoms. The lowest BCUT2D eigenvalue weighted by atomic mass is 9.99. The van der Waals surface area contributed by atoms with Gasteiger partial charge in [0.15, 0.2) is 11.5 Å². The Labute approximate surface area is 163 Å². The van der Waals surface area contributed by atoms with Gasteiger partial charge in [-0.3, -0.25) is 4.79 Å². The summed E-state index contributed by atoms with van der Waals surface area (Å²) in [5, 5.41) is 21.8. The highest BCUT2D eigenvalue weighted by Gasteiger charge is 2.42. The van der Waals surface area contributed by atoms with Crippen molar-refractivity contribution in [3.05, 3.63) is 47.0 Å². The Morgan fingerprint density at radius 3 is 2.67 bits per heavy atom. The van der Waals surface area contributed by atoms with E-state index in [2.05, 4.69) is 0 Å². The first kappa shape index (κ1) is 18.1. The van der Waals surface area contributed by atoms with Crippen molar-refractivity contribution in [2.24, 2.45) is 0 Å². The summed E-state index contributed by atoms with van der Waals surface area (Å²) in [5.74, 6) is 0.190. The highest BCUT2D eigenvalue weighted by Crippen LogP contribution is 2.39. The second-order valence-corrected chi connectivity index (χ2v) is 7.74. The van der Waals surface area contributed by atoms with Gasteiger partial charge >= 0.3 is 0 Å². The number of phenolic OH excluding ortho intramolecular Hbond substituents is 1. The second kappa shape index (κ2) is 7.06. The summed E-state index contributed by atoms with van der Waals surface area (Å²) < 4.78 is 5.72. The fourth-order valence-corrected chi connectivity index (χ4v) is 4.17. The first-order valence-electron chi connectivity index (χ1n) is 9.23. The molecule has 1 amide bonds. The van der Waals surface area contributed by atoms with E-state index in [4.69, 9.17) is 16.3 Å². The maximum atomic E-state index is 12.9. The second-order valence-electron chi connectivity index (χ2n) is 7.31. The van der Waals surface area contributed by atoms with Crippen molar-refractivity contribution < 1.29 is 19.7 Å². The Morgan fingerprint density at radius 1 is 1.15 bits per heavy atom. The molecule has 0 atom stereocenters. The molecule has 2 aromatic rings. The van der Waals surface area contributed by atoms with E-state index in [1.165, 1.54) is 0 Å². The van der Waals surface area contributed by atoms with Crippen LogP contribution in [0.25, 0.3) is 11.1 Å². The van der Waals surface area contributed by atoms with Gasteiger partial charge in [-0.05, 0) is 61.1 Å². The number of nitrogens with zero attached hydrogens (tertiary/aromatic N) is 1. The molecule has 0 spiro atoms. The molecule has 1 aliphatic heterocycles. The fraction of sp³-hybridized carbons (Fsp3) is 0.381. The summed E-state index contributed by atoms with van der Waals surface area (Å²) in [6, 6.07) is 10.9. The quantitative estimate of drug-likeness (QED) is 0.823. The van der Waals surface area contributed by atoms with Crippen molar-refractivity contribution in [3.63, 3.8) is 0 Å². The van der Waals surface area contributed by atoms with E-state index < -0.39 is 5.60 Å². The monoisotopic (exact) mass is 387 g/mol. The lowest BCUT2D eigenvalue weighted by Gasteiger charge is -2.29. The van der Waals surface area contributed by atoms with Gasteiger partial charge in [-0.15, -0.1) is 0 Å². The summed E-state index contributed by atoms with van der Waals surface area (Å²) in [5.41, 5.74) is 1.12. The van der Waals surface area contributed by atoms with Gasteiger partial charge in [-0.25, -0.2) is 0 Å². The number of hydrogen-bond donors (Lipinski definition) is 2. The van der Waals surface area contributed by atoms with Crippen molar-refractivity contribution in [2.75, 3.05) is 13.2 Å². The normalized spacial score (nSPS) is 18.5. The van der Waals surface area contributed by atoms with Gasteiger partial charge in [-0.1, -0.05) is 23.7 Å². The van der Waals surface area contributed by atoms with Crippen molar-refractivity contribution in [2.45, 2.75) is 37.8 Å². The molecule has 142 valence electrons. The Kier molecular flexibility index (Phi) is 4.74. The molecule has 4 rings (SSSR count). The van der Waals surface area contributed by atoms with E-state index in [9.17, 15) is 15.0 Å². The third kappa shape index (κ3) is 3.49. The molecular formula is C21H22ClNO4. The molecule has 0 unspecified atom stereocenters. The molecule has 1 aliphatic carbocycles. The zero-order chi connectivity index (χ0) is 19.0. The summed E-state index contributed by atoms with van der Waals surface area (Å²) in [4.78, 5) is 14.5. The molecule has 1 fully saturated rings. The predicted molar refractivity (Wildman–Crippen MR) is 103 cm³/mol. The van der Waals surface area contributed by atoms with Crippen LogP contribution in [-0.2, 0) is 11.3 Å². The molecule has 0 radical (unpaired) electrons. The number of halogens is 1. The largest absolute Gasteiger partial charge is 0.504 e. The van der Waals surface area contributed by atoms with E-state index >= 15 is 0 Å². The first-order valence-corrected chi connectivity index (χ1v) is 9.60. The molecule has 5 nitrogen and oxygen atoms in total. The van der Waals surface area contributed by atoms with Gasteiger partial charge in [0.2, 0.25) is 0 Å². The number of rotatable bonds is 2. The highest BCUT2D eigenvalue weighted by atomic mass is 35.5. The van der Waals surface area contributed by atoms with Crippen LogP contribution in [0.1, 0.15) is 31.2 Å². The number of hydrogen-bond acceptors (Lipinski definition) is 4. The number of carbonyl (C=O) groups excluding carboxylic acids is 1. The number of benzene rings is 2. The number of carbonyl (C=O) groups is 1. The van der Waals surface area contributed by atoms with Crippen LogP contribution in [-0.4, -0.2) is 39.8 Å². The molecule has 2 N–H and O–H groups in total. The number of fused-ring (bicyclic) bond motifs is 1. The van der Waals surface area contributed by atoms with Crippen LogP contribution in [0.2, 0.25) is 5.02 Å². The molecular weight excluding hydrogens is 366 g/mol. The van der Waals surface area contributed by atoms with Crippen molar-refractivity contribution in [3.8, 4) is 22.6 Å². The van der Waals surface area contributed by atoms with Gasteiger partial charge < -0.3 is 19.8 Å². The van der Waals surface area contributed by atoms with Crippen LogP contribution in [0.15, 0.2) is 36.4 Å². The molecule has 0 saturated heterocycles. The molecule has 1 heterocycles. The zero-order valence-electron chi connectivity index (χ0n) is 14.9. The fourth-order valence-electron chi connectivity index (χ4n) is 3.98. The maximum absolute atomic E-state index is 12.9. The van der Waals surface area contributed by atoms with Gasteiger partial charge in [0.05, 0.1) is 6.54 Å². The summed E-state index contributed by atoms with van der Waals surface area (Å²) in [6.45, 7) is 0.944. The van der Waals surface area contributed by atoms with Crippen LogP contribution >= 0.6 is 11.6 Å². The van der Waals surface area contributed by atoms with Crippen molar-refractivity contribution in [1.29, 1.82) is 0 Å². The molecule has 2 aromatic carbocycles. The summed E-state index contributed by atoms with van der Waals surface area (Å²) in [7, 11) is 0. The lowest BCUT2D eigenvalue weighted by Crippen LogP contribution is -2.47. The minimum atomic E-state index is -1.27. The lowest BCUT2D eigenvalue weighted by molar-refractivity contribution is -0.151. The van der Waals surface area contributed by atoms with E-state index in [-0.39, 0.29) is 18.3 Å². The standard InChI is InChI=1S/C21H22ClNO4/c22-17-5-3-4-14(11-17)15-10-16-13-23(8-9-27-19(16)18(24)12-15)20(25)21(26)6-1-2-7-21/h3-5,10-12,24,26H,1-2,6-9,13H2. The summed E-state index contributed by atoms with van der Waals surface area (Å²) >= 11 is 6.09. The Bertz CT molecular complexity index is 876. The third-order valence-corrected chi connectivity index (χ3v) is 5.62. The number of aliphatic hydroxyl groups is 1. The van der Waals surface area contributed by atoms with Gasteiger partial charge in [0.1, 0.15) is 12.2 Å². The zero-order valence-corrected chi connectivity index (χ0v) is 15.7. The summed E-state index contributed by atoms with van der Waals surface area (Å²) in [6.07, 6.45) is 2.74. The first-order chi connectivity index (χ1) is 13.0. The minimum absolute atomic E-state index is 0.0383. The maximum Gasteiger partial charge on any atom is 0.254 e. The van der Waals surface area contributed by atoms with E-state index in [0.29, 0.717) is 36.7 Å². The molecule has 0 aromatic heterocycles. The highest BCUT2D eigenvalue weighted by molar-refractivity contribution is 6.30. The smallest absolute Gasteiger partial charge is 0.254 e. The molecule has 2 aliphatic rings. The van der Waals surface area contributed by atoms with Gasteiger partial charge in [0.25, 0.3) is 5.91 Å². The van der Waals surface area contributed by atoms with Gasteiger partial charge in [0, 0.05) is 17.1 Å². The average Bonchev–Trinajstić information content (AvgIpc) is 2.98. The van der Waals surface area contributed by atoms with Crippen LogP contribution < -0.4 is 4.74 Å². The number of ether oxygens (including phenoxy) is 1. The molecule has 6 heteroatoms. The van der Waals surface area contributed by atoms with E-state index in [1.807, 2.05) is 24.3 Å². The number of amides is 1. The third-order valence-electron chi connectivity index (χ3n) is 5.39. The SMILES string of the molecule is O=C(N1CCOc2c(O)cc(-c3cccc(Cl)c3)cc2C1)C1(O)CCCC1. The Balaban J connectivity index is 1.68. The number of aromatic hydroxyl groups is 1. The van der Waals surface area contributed by atoms with Crippen LogP contribution in [0.4, 0.5) is 0 Å². The molecule has 0 bridgehead atoms. The Hall–Kier alpha value is -2.24. The van der Waals surface area contributed by atoms with Gasteiger partial charge in [-0.2, -0.15) is 0 Å². The Morgan fingerprint density at radius 2 is 1.93 bits per heavy atom. The van der Waals surface area contributed by atoms with Crippen molar-refractivity contribution in [1.82, 2.24) is 4.90 Å². The van der Waals surface area contributed by atoms with Crippen LogP contribution in [0, 0.1) is 0 Å². The number of phenols is 1. The van der Waals surface area contributed by atoms with E-state index in [0.717, 1.165) is 29.5 Å². The van der Waals surface area contributed by atoms with E-state index in [1.54, 1.807) is 17.0 Å². The molecule has 1 saturated carbocycles. The predicted octanol–water partition coefficient (Wildman–Crippen LogP) is 3.74.